The van der Waals surface area contributed by atoms with Crippen molar-refractivity contribution in [2.75, 3.05) is 58.1 Å². The topological polar surface area (TPSA) is 58.4 Å². The van der Waals surface area contributed by atoms with E-state index in [1.165, 1.54) is 11.3 Å². The van der Waals surface area contributed by atoms with Crippen LogP contribution in [0.4, 0.5) is 5.69 Å². The number of carbonyl (C=O) groups is 1. The molecule has 0 bridgehead atoms. The first-order valence-corrected chi connectivity index (χ1v) is 10.0. The van der Waals surface area contributed by atoms with Gasteiger partial charge in [0.15, 0.2) is 0 Å². The van der Waals surface area contributed by atoms with Crippen molar-refractivity contribution >= 4 is 23.2 Å². The highest BCUT2D eigenvalue weighted by Crippen LogP contribution is 2.13. The monoisotopic (exact) mass is 383 g/mol. The molecular formula is C20H36ClN4O+. The molecule has 0 spiro atoms. The lowest BCUT2D eigenvalue weighted by Crippen LogP contribution is -2.42. The summed E-state index contributed by atoms with van der Waals surface area (Å²) in [7, 11) is 6.56. The molecule has 0 saturated heterocycles. The summed E-state index contributed by atoms with van der Waals surface area (Å²) in [5, 5.41) is 3.52. The quantitative estimate of drug-likeness (QED) is 0.295. The first-order chi connectivity index (χ1) is 12.3. The number of benzene rings is 1. The van der Waals surface area contributed by atoms with Gasteiger partial charge in [-0.25, -0.2) is 0 Å². The zero-order valence-electron chi connectivity index (χ0n) is 16.6. The molecule has 148 valence electrons. The Kier molecular flexibility index (Phi) is 10.6. The Balaban J connectivity index is 2.18. The lowest BCUT2D eigenvalue weighted by atomic mass is 10.2. The highest BCUT2D eigenvalue weighted by molar-refractivity contribution is 6.18. The number of carbonyl (C=O) groups excluding carboxylic acids is 1. The third-order valence-corrected chi connectivity index (χ3v) is 4.85. The first kappa shape index (κ1) is 22.7. The predicted octanol–water partition coefficient (Wildman–Crippen LogP) is 2.57. The second-order valence-corrected chi connectivity index (χ2v) is 7.99. The minimum atomic E-state index is -0.196. The number of hydrogen-bond acceptors (Lipinski definition) is 3. The zero-order valence-corrected chi connectivity index (χ0v) is 17.4. The summed E-state index contributed by atoms with van der Waals surface area (Å²) >= 11 is 5.78. The van der Waals surface area contributed by atoms with Crippen LogP contribution >= 0.6 is 11.6 Å². The van der Waals surface area contributed by atoms with Crippen LogP contribution in [0.5, 0.6) is 0 Å². The van der Waals surface area contributed by atoms with Crippen molar-refractivity contribution in [3.63, 3.8) is 0 Å². The van der Waals surface area contributed by atoms with Crippen LogP contribution in [-0.2, 0) is 11.3 Å². The van der Waals surface area contributed by atoms with E-state index in [0.29, 0.717) is 12.3 Å². The summed E-state index contributed by atoms with van der Waals surface area (Å²) in [5.74, 6) is 0.443. The van der Waals surface area contributed by atoms with Gasteiger partial charge in [-0.05, 0) is 30.5 Å². The van der Waals surface area contributed by atoms with E-state index in [1.807, 2.05) is 0 Å². The van der Waals surface area contributed by atoms with Gasteiger partial charge in [-0.15, -0.1) is 11.6 Å². The maximum absolute atomic E-state index is 10.8. The number of halogens is 1. The van der Waals surface area contributed by atoms with Gasteiger partial charge in [-0.2, -0.15) is 0 Å². The minimum absolute atomic E-state index is 0.196. The second kappa shape index (κ2) is 12.2. The summed E-state index contributed by atoms with van der Waals surface area (Å²) in [6, 6.07) is 8.64. The normalized spacial score (nSPS) is 11.5. The number of rotatable bonds is 14. The molecular weight excluding hydrogens is 348 g/mol. The van der Waals surface area contributed by atoms with Crippen molar-refractivity contribution in [3.05, 3.63) is 29.8 Å². The van der Waals surface area contributed by atoms with E-state index < -0.39 is 0 Å². The number of amides is 1. The van der Waals surface area contributed by atoms with Crippen molar-refractivity contribution < 1.29 is 9.28 Å². The van der Waals surface area contributed by atoms with Crippen LogP contribution in [-0.4, -0.2) is 63.6 Å². The molecule has 0 aromatic heterocycles. The van der Waals surface area contributed by atoms with Crippen molar-refractivity contribution in [3.8, 4) is 0 Å². The Hall–Kier alpha value is -1.30. The molecule has 0 unspecified atom stereocenters. The number of nitrogens with two attached hydrogens (primary N) is 1. The highest BCUT2D eigenvalue weighted by Gasteiger charge is 2.13. The van der Waals surface area contributed by atoms with Gasteiger partial charge in [0.25, 0.3) is 0 Å². The van der Waals surface area contributed by atoms with Crippen LogP contribution < -0.4 is 16.0 Å². The van der Waals surface area contributed by atoms with Crippen molar-refractivity contribution in [2.45, 2.75) is 32.2 Å². The Labute approximate surface area is 164 Å². The van der Waals surface area contributed by atoms with Crippen LogP contribution in [0.2, 0.25) is 0 Å². The maximum atomic E-state index is 10.8. The smallest absolute Gasteiger partial charge is 0.217 e. The summed E-state index contributed by atoms with van der Waals surface area (Å²) < 4.78 is 0.988. The van der Waals surface area contributed by atoms with Gasteiger partial charge < -0.3 is 20.4 Å². The van der Waals surface area contributed by atoms with Gasteiger partial charge in [0, 0.05) is 51.1 Å². The van der Waals surface area contributed by atoms with Gasteiger partial charge in [-0.3, -0.25) is 4.79 Å². The molecule has 5 nitrogen and oxygen atoms in total. The molecule has 0 aliphatic rings. The Morgan fingerprint density at radius 1 is 1.15 bits per heavy atom. The molecule has 26 heavy (non-hydrogen) atoms. The third-order valence-electron chi connectivity index (χ3n) is 4.68. The van der Waals surface area contributed by atoms with Gasteiger partial charge in [0.2, 0.25) is 5.91 Å². The molecule has 0 aliphatic carbocycles. The van der Waals surface area contributed by atoms with Crippen LogP contribution in [0.15, 0.2) is 24.3 Å². The summed E-state index contributed by atoms with van der Waals surface area (Å²) in [4.78, 5) is 12.9. The van der Waals surface area contributed by atoms with E-state index in [4.69, 9.17) is 17.3 Å². The van der Waals surface area contributed by atoms with E-state index in [1.54, 1.807) is 0 Å². The Morgan fingerprint density at radius 2 is 1.81 bits per heavy atom. The van der Waals surface area contributed by atoms with E-state index in [2.05, 4.69) is 55.6 Å². The number of primary amides is 1. The summed E-state index contributed by atoms with van der Waals surface area (Å²) in [6.07, 6.45) is 3.58. The molecule has 6 heteroatoms. The number of nitrogens with zero attached hydrogens (tertiary/aromatic N) is 2. The minimum Gasteiger partial charge on any atom is -0.373 e. The standard InChI is InChI=1S/C20H35ClN4O/c1-24(14-12-21)19-10-8-18(9-11-19)17-23-13-6-16-25(2,3)15-5-4-7-20(22)26/h8-11,23H,4-7,12-17H2,1-3H3,(H-,22,26)/p+1. The van der Waals surface area contributed by atoms with E-state index in [0.717, 1.165) is 56.5 Å². The fourth-order valence-electron chi connectivity index (χ4n) is 2.94. The van der Waals surface area contributed by atoms with Crippen molar-refractivity contribution in [1.29, 1.82) is 0 Å². The molecule has 0 aliphatic heterocycles. The van der Waals surface area contributed by atoms with Crippen molar-refractivity contribution in [1.82, 2.24) is 5.32 Å². The van der Waals surface area contributed by atoms with E-state index in [-0.39, 0.29) is 5.91 Å². The average molecular weight is 384 g/mol. The summed E-state index contributed by atoms with van der Waals surface area (Å²) in [5.41, 5.74) is 7.68. The third kappa shape index (κ3) is 10.00. The number of anilines is 1. The number of quaternary nitrogens is 1. The lowest BCUT2D eigenvalue weighted by molar-refractivity contribution is -0.890. The Morgan fingerprint density at radius 3 is 2.42 bits per heavy atom. The fourth-order valence-corrected chi connectivity index (χ4v) is 3.19. The van der Waals surface area contributed by atoms with Crippen LogP contribution in [0.1, 0.15) is 31.2 Å². The van der Waals surface area contributed by atoms with E-state index >= 15 is 0 Å². The molecule has 1 rings (SSSR count). The zero-order chi connectivity index (χ0) is 19.4. The molecule has 0 fully saturated rings. The highest BCUT2D eigenvalue weighted by atomic mass is 35.5. The van der Waals surface area contributed by atoms with Gasteiger partial charge in [-0.1, -0.05) is 12.1 Å². The van der Waals surface area contributed by atoms with Crippen LogP contribution in [0.25, 0.3) is 0 Å². The molecule has 1 amide bonds. The van der Waals surface area contributed by atoms with Gasteiger partial charge in [0.05, 0.1) is 27.2 Å². The Bertz CT molecular complexity index is 519. The first-order valence-electron chi connectivity index (χ1n) is 9.51. The molecule has 0 heterocycles. The van der Waals surface area contributed by atoms with Crippen molar-refractivity contribution in [2.24, 2.45) is 5.73 Å². The number of unbranched alkanes of at least 4 members (excludes halogenated alkanes) is 1. The van der Waals surface area contributed by atoms with E-state index in [9.17, 15) is 4.79 Å². The molecule has 0 saturated carbocycles. The average Bonchev–Trinajstić information content (AvgIpc) is 2.59. The van der Waals surface area contributed by atoms with Gasteiger partial charge in [0.1, 0.15) is 0 Å². The molecule has 0 atom stereocenters. The summed E-state index contributed by atoms with van der Waals surface area (Å²) in [6.45, 7) is 4.98. The fraction of sp³-hybridized carbons (Fsp3) is 0.650. The number of nitrogens with one attached hydrogen (secondary N) is 1. The van der Waals surface area contributed by atoms with Gasteiger partial charge >= 0.3 is 0 Å². The molecule has 1 aromatic carbocycles. The second-order valence-electron chi connectivity index (χ2n) is 7.61. The predicted molar refractivity (Wildman–Crippen MR) is 112 cm³/mol. The molecule has 0 radical (unpaired) electrons. The maximum Gasteiger partial charge on any atom is 0.217 e. The number of hydrogen-bond donors (Lipinski definition) is 2. The van der Waals surface area contributed by atoms with Crippen LogP contribution in [0.3, 0.4) is 0 Å². The number of alkyl halides is 1. The molecule has 1 aromatic rings. The van der Waals surface area contributed by atoms with Crippen LogP contribution in [0, 0.1) is 0 Å². The molecule has 3 N–H and O–H groups in total. The lowest BCUT2D eigenvalue weighted by Gasteiger charge is -2.30. The SMILES string of the molecule is CN(CCCl)c1ccc(CNCCC[N+](C)(C)CCCCC(N)=O)cc1. The largest absolute Gasteiger partial charge is 0.373 e.